The van der Waals surface area contributed by atoms with E-state index in [1.807, 2.05) is 0 Å². The van der Waals surface area contributed by atoms with E-state index in [2.05, 4.69) is 4.74 Å². The van der Waals surface area contributed by atoms with Crippen LogP contribution in [0.1, 0.15) is 25.7 Å². The fourth-order valence-corrected chi connectivity index (χ4v) is 1.63. The van der Waals surface area contributed by atoms with Gasteiger partial charge in [0.1, 0.15) is 6.61 Å². The molecule has 1 aliphatic heterocycles. The highest BCUT2D eigenvalue weighted by Gasteiger charge is 2.15. The number of carbonyl (C=O) groups excluding carboxylic acids is 1. The molecular weight excluding hydrogens is 204 g/mol. The van der Waals surface area contributed by atoms with Crippen LogP contribution in [-0.4, -0.2) is 43.5 Å². The maximum Gasteiger partial charge on any atom is 0.261 e. The largest absolute Gasteiger partial charge is 0.375 e. The summed E-state index contributed by atoms with van der Waals surface area (Å²) in [6.07, 6.45) is 1.03. The molecule has 3 nitrogen and oxygen atoms in total. The lowest BCUT2D eigenvalue weighted by atomic mass is 10.1. The molecule has 0 aliphatic carbocycles. The van der Waals surface area contributed by atoms with Crippen LogP contribution in [-0.2, 0) is 9.53 Å². The van der Waals surface area contributed by atoms with E-state index in [-0.39, 0.29) is 18.9 Å². The number of rotatable bonds is 5. The zero-order valence-electron chi connectivity index (χ0n) is 8.75. The third kappa shape index (κ3) is 5.06. The molecule has 1 aliphatic rings. The minimum atomic E-state index is -2.45. The molecule has 0 radical (unpaired) electrons. The summed E-state index contributed by atoms with van der Waals surface area (Å²) in [5.41, 5.74) is 0. The van der Waals surface area contributed by atoms with Crippen LogP contribution in [0.4, 0.5) is 8.78 Å². The van der Waals surface area contributed by atoms with Gasteiger partial charge in [-0.3, -0.25) is 4.79 Å². The van der Waals surface area contributed by atoms with Gasteiger partial charge in [-0.05, 0) is 19.3 Å². The molecule has 1 heterocycles. The first kappa shape index (κ1) is 12.4. The van der Waals surface area contributed by atoms with Crippen LogP contribution in [0.15, 0.2) is 0 Å². The Morgan fingerprint density at radius 2 is 1.93 bits per heavy atom. The number of carbonyl (C=O) groups is 1. The topological polar surface area (TPSA) is 29.5 Å². The molecular formula is C10H17F2NO2. The summed E-state index contributed by atoms with van der Waals surface area (Å²) in [7, 11) is 0. The van der Waals surface area contributed by atoms with Crippen molar-refractivity contribution in [2.24, 2.45) is 0 Å². The number of ether oxygens (including phenoxy) is 1. The van der Waals surface area contributed by atoms with Crippen LogP contribution >= 0.6 is 0 Å². The van der Waals surface area contributed by atoms with E-state index < -0.39 is 13.0 Å². The van der Waals surface area contributed by atoms with Crippen molar-refractivity contribution in [1.82, 2.24) is 4.90 Å². The molecule has 0 spiro atoms. The van der Waals surface area contributed by atoms with Gasteiger partial charge in [-0.2, -0.15) is 0 Å². The lowest BCUT2D eigenvalue weighted by Crippen LogP contribution is -2.36. The number of nitrogens with zero attached hydrogens (tertiary/aromatic N) is 1. The highest BCUT2D eigenvalue weighted by atomic mass is 19.3. The normalized spacial score (nSPS) is 17.1. The molecule has 0 unspecified atom stereocenters. The van der Waals surface area contributed by atoms with Crippen molar-refractivity contribution in [2.75, 3.05) is 26.3 Å². The zero-order chi connectivity index (χ0) is 11.1. The van der Waals surface area contributed by atoms with Crippen molar-refractivity contribution in [3.05, 3.63) is 0 Å². The molecule has 1 saturated heterocycles. The second-order valence-corrected chi connectivity index (χ2v) is 3.66. The van der Waals surface area contributed by atoms with Crippen LogP contribution < -0.4 is 0 Å². The van der Waals surface area contributed by atoms with E-state index in [0.29, 0.717) is 0 Å². The van der Waals surface area contributed by atoms with Crippen LogP contribution in [0.5, 0.6) is 0 Å². The molecule has 88 valence electrons. The summed E-state index contributed by atoms with van der Waals surface area (Å²) in [4.78, 5) is 13.3. The lowest BCUT2D eigenvalue weighted by Gasteiger charge is -2.26. The quantitative estimate of drug-likeness (QED) is 0.661. The molecule has 0 aromatic heterocycles. The van der Waals surface area contributed by atoms with E-state index in [1.165, 1.54) is 6.42 Å². The van der Waals surface area contributed by atoms with Crippen molar-refractivity contribution in [3.8, 4) is 0 Å². The maximum absolute atomic E-state index is 11.7. The highest BCUT2D eigenvalue weighted by molar-refractivity contribution is 5.76. The van der Waals surface area contributed by atoms with Crippen molar-refractivity contribution >= 4 is 5.91 Å². The van der Waals surface area contributed by atoms with E-state index in [9.17, 15) is 13.6 Å². The van der Waals surface area contributed by atoms with Crippen molar-refractivity contribution < 1.29 is 18.3 Å². The number of amides is 1. The van der Waals surface area contributed by atoms with Crippen LogP contribution in [0.3, 0.4) is 0 Å². The first-order chi connectivity index (χ1) is 7.20. The van der Waals surface area contributed by atoms with E-state index in [1.54, 1.807) is 4.90 Å². The van der Waals surface area contributed by atoms with Gasteiger partial charge >= 0.3 is 0 Å². The second kappa shape index (κ2) is 6.71. The van der Waals surface area contributed by atoms with E-state index >= 15 is 0 Å². The first-order valence-corrected chi connectivity index (χ1v) is 5.34. The van der Waals surface area contributed by atoms with Gasteiger partial charge in [-0.15, -0.1) is 0 Å². The minimum absolute atomic E-state index is 0.0176. The van der Waals surface area contributed by atoms with Crippen LogP contribution in [0.25, 0.3) is 0 Å². The molecule has 1 fully saturated rings. The summed E-state index contributed by atoms with van der Waals surface area (Å²) in [5, 5.41) is 0. The lowest BCUT2D eigenvalue weighted by molar-refractivity contribution is -0.133. The van der Waals surface area contributed by atoms with Gasteiger partial charge in [0, 0.05) is 13.1 Å². The van der Waals surface area contributed by atoms with E-state index in [0.717, 1.165) is 25.9 Å². The van der Waals surface area contributed by atoms with Crippen molar-refractivity contribution in [3.63, 3.8) is 0 Å². The molecule has 1 rings (SSSR count). The summed E-state index contributed by atoms with van der Waals surface area (Å²) in [6, 6.07) is 0. The summed E-state index contributed by atoms with van der Waals surface area (Å²) in [6.45, 7) is 1.12. The molecule has 5 heteroatoms. The third-order valence-electron chi connectivity index (χ3n) is 2.41. The number of hydrogen-bond donors (Lipinski definition) is 0. The molecule has 15 heavy (non-hydrogen) atoms. The van der Waals surface area contributed by atoms with Gasteiger partial charge in [0.2, 0.25) is 5.91 Å². The SMILES string of the molecule is O=C(CCOCC(F)F)N1CCCCC1. The van der Waals surface area contributed by atoms with Gasteiger partial charge in [0.05, 0.1) is 13.0 Å². The van der Waals surface area contributed by atoms with Gasteiger partial charge in [0.25, 0.3) is 6.43 Å². The maximum atomic E-state index is 11.7. The summed E-state index contributed by atoms with van der Waals surface area (Å²) in [5.74, 6) is 0.0176. The number of alkyl halides is 2. The molecule has 0 N–H and O–H groups in total. The Hall–Kier alpha value is -0.710. The number of hydrogen-bond acceptors (Lipinski definition) is 2. The Morgan fingerprint density at radius 1 is 1.27 bits per heavy atom. The Labute approximate surface area is 88.4 Å². The summed E-state index contributed by atoms with van der Waals surface area (Å²) < 4.78 is 28.0. The number of piperidine rings is 1. The Kier molecular flexibility index (Phi) is 5.53. The second-order valence-electron chi connectivity index (χ2n) is 3.66. The fourth-order valence-electron chi connectivity index (χ4n) is 1.63. The molecule has 0 saturated carbocycles. The van der Waals surface area contributed by atoms with Gasteiger partial charge in [-0.1, -0.05) is 0 Å². The number of likely N-dealkylation sites (tertiary alicyclic amines) is 1. The summed E-state index contributed by atoms with van der Waals surface area (Å²) >= 11 is 0. The fraction of sp³-hybridized carbons (Fsp3) is 0.900. The molecule has 0 bridgehead atoms. The predicted octanol–water partition coefficient (Wildman–Crippen LogP) is 1.67. The zero-order valence-corrected chi connectivity index (χ0v) is 8.75. The van der Waals surface area contributed by atoms with Gasteiger partial charge in [-0.25, -0.2) is 8.78 Å². The smallest absolute Gasteiger partial charge is 0.261 e. The molecule has 0 atom stereocenters. The van der Waals surface area contributed by atoms with E-state index in [4.69, 9.17) is 0 Å². The molecule has 1 amide bonds. The van der Waals surface area contributed by atoms with Gasteiger partial charge in [0.15, 0.2) is 0 Å². The number of halogens is 2. The monoisotopic (exact) mass is 221 g/mol. The van der Waals surface area contributed by atoms with Crippen molar-refractivity contribution in [2.45, 2.75) is 32.1 Å². The first-order valence-electron chi connectivity index (χ1n) is 5.34. The molecule has 0 aromatic rings. The van der Waals surface area contributed by atoms with Crippen molar-refractivity contribution in [1.29, 1.82) is 0 Å². The average molecular weight is 221 g/mol. The Morgan fingerprint density at radius 3 is 2.53 bits per heavy atom. The highest BCUT2D eigenvalue weighted by Crippen LogP contribution is 2.09. The Bertz CT molecular complexity index is 194. The average Bonchev–Trinajstić information content (AvgIpc) is 2.25. The Balaban J connectivity index is 2.07. The van der Waals surface area contributed by atoms with Crippen LogP contribution in [0, 0.1) is 0 Å². The predicted molar refractivity (Wildman–Crippen MR) is 51.9 cm³/mol. The van der Waals surface area contributed by atoms with Gasteiger partial charge < -0.3 is 9.64 Å². The van der Waals surface area contributed by atoms with Crippen LogP contribution in [0.2, 0.25) is 0 Å². The molecule has 0 aromatic carbocycles. The minimum Gasteiger partial charge on any atom is -0.375 e. The third-order valence-corrected chi connectivity index (χ3v) is 2.41. The standard InChI is InChI=1S/C10H17F2NO2/c11-9(12)8-15-7-4-10(14)13-5-2-1-3-6-13/h9H,1-8H2.